The van der Waals surface area contributed by atoms with E-state index in [9.17, 15) is 0 Å². The molecular weight excluding hydrogens is 360 g/mol. The molecule has 3 N–H and O–H groups in total. The minimum Gasteiger partial charge on any atom is -0.543 e. The zero-order valence-corrected chi connectivity index (χ0v) is 14.8. The first-order valence-corrected chi connectivity index (χ1v) is 8.46. The summed E-state index contributed by atoms with van der Waals surface area (Å²) in [5.74, 6) is -3.72. The van der Waals surface area contributed by atoms with E-state index in [1.165, 1.54) is 22.2 Å². The van der Waals surface area contributed by atoms with E-state index in [1.54, 1.807) is 0 Å². The van der Waals surface area contributed by atoms with Crippen molar-refractivity contribution in [3.63, 3.8) is 0 Å². The Kier molecular flexibility index (Phi) is 7.21. The van der Waals surface area contributed by atoms with Gasteiger partial charge < -0.3 is 24.5 Å². The molecule has 0 fully saturated rings. The number of carboxylic acid groups (broad SMARTS) is 2. The number of carbonyl (C=O) groups is 2. The summed E-state index contributed by atoms with van der Waals surface area (Å²) in [5.41, 5.74) is 3.23. The van der Waals surface area contributed by atoms with Crippen LogP contribution < -0.4 is 25.2 Å². The summed E-state index contributed by atoms with van der Waals surface area (Å²) >= 11 is 1.21. The number of aliphatic carboxylic acids is 2. The molecular formula is C16H18N4O5S. The topological polar surface area (TPSA) is 136 Å². The first-order valence-electron chi connectivity index (χ1n) is 7.73. The fourth-order valence-corrected chi connectivity index (χ4v) is 2.75. The largest absolute Gasteiger partial charge is 0.543 e. The van der Waals surface area contributed by atoms with Crippen molar-refractivity contribution in [3.05, 3.63) is 47.8 Å². The van der Waals surface area contributed by atoms with E-state index in [-0.39, 0.29) is 0 Å². The molecule has 0 saturated carbocycles. The van der Waals surface area contributed by atoms with Gasteiger partial charge >= 0.3 is 0 Å². The van der Waals surface area contributed by atoms with Crippen LogP contribution in [-0.2, 0) is 16.2 Å². The average Bonchev–Trinajstić information content (AvgIpc) is 3.10. The Labute approximate surface area is 153 Å². The zero-order chi connectivity index (χ0) is 18.9. The molecule has 0 bridgehead atoms. The third kappa shape index (κ3) is 5.92. The second kappa shape index (κ2) is 9.61. The number of ether oxygens (including phenoxy) is 1. The lowest BCUT2D eigenvalue weighted by Crippen LogP contribution is -3.20. The molecule has 9 nitrogen and oxygen atoms in total. The molecule has 0 saturated heterocycles. The van der Waals surface area contributed by atoms with Crippen LogP contribution in [0, 0.1) is 0 Å². The Bertz CT molecular complexity index is 766. The van der Waals surface area contributed by atoms with Gasteiger partial charge in [-0.25, -0.2) is 0 Å². The van der Waals surface area contributed by atoms with Gasteiger partial charge in [0, 0.05) is 0 Å². The predicted molar refractivity (Wildman–Crippen MR) is 87.2 cm³/mol. The van der Waals surface area contributed by atoms with Gasteiger partial charge in [0.25, 0.3) is 5.88 Å². The fraction of sp³-hybridized carbons (Fsp3) is 0.250. The molecule has 1 aromatic carbocycles. The lowest BCUT2D eigenvalue weighted by atomic mass is 10.2. The zero-order valence-electron chi connectivity index (χ0n) is 14.0. The maximum Gasteiger partial charge on any atom is 0.254 e. The first-order chi connectivity index (χ1) is 12.5. The number of hydrogen-bond acceptors (Lipinski definition) is 8. The van der Waals surface area contributed by atoms with Crippen molar-refractivity contribution in [2.45, 2.75) is 6.61 Å². The van der Waals surface area contributed by atoms with Crippen LogP contribution in [0.15, 0.2) is 36.5 Å². The Morgan fingerprint density at radius 1 is 1.23 bits per heavy atom. The van der Waals surface area contributed by atoms with E-state index in [4.69, 9.17) is 24.5 Å². The maximum atomic E-state index is 8.93. The lowest BCUT2D eigenvalue weighted by Gasteiger charge is -2.17. The second-order valence-corrected chi connectivity index (χ2v) is 6.06. The van der Waals surface area contributed by atoms with Gasteiger partial charge in [-0.3, -0.25) is 10.2 Å². The number of benzene rings is 1. The monoisotopic (exact) mass is 378 g/mol. The molecule has 26 heavy (non-hydrogen) atoms. The van der Waals surface area contributed by atoms with Crippen LogP contribution in [-0.4, -0.2) is 40.9 Å². The molecule has 0 radical (unpaired) electrons. The summed E-state index contributed by atoms with van der Waals surface area (Å²) in [5, 5.41) is 20.0. The Morgan fingerprint density at radius 2 is 1.92 bits per heavy atom. The number of hydrogen-bond donors (Lipinski definition) is 2. The van der Waals surface area contributed by atoms with E-state index in [0.29, 0.717) is 12.5 Å². The quantitative estimate of drug-likeness (QED) is 0.517. The average molecular weight is 378 g/mol. The van der Waals surface area contributed by atoms with Crippen molar-refractivity contribution in [3.8, 4) is 5.88 Å². The van der Waals surface area contributed by atoms with Gasteiger partial charge in [-0.05, 0) is 5.56 Å². The SMILES string of the molecule is C[NH+]1C[NH2+]C=C(c2nsnc2OCc2ccccc2)C1.O=C([O-])C(=O)[O-]. The van der Waals surface area contributed by atoms with E-state index < -0.39 is 11.9 Å². The molecule has 3 rings (SSSR count). The number of quaternary nitrogens is 2. The second-order valence-electron chi connectivity index (χ2n) is 5.53. The smallest absolute Gasteiger partial charge is 0.254 e. The van der Waals surface area contributed by atoms with Crippen LogP contribution in [0.25, 0.3) is 5.57 Å². The van der Waals surface area contributed by atoms with E-state index in [1.807, 2.05) is 30.3 Å². The van der Waals surface area contributed by atoms with Crippen LogP contribution in [0.3, 0.4) is 0 Å². The van der Waals surface area contributed by atoms with Crippen LogP contribution in [0.1, 0.15) is 11.3 Å². The molecule has 1 atom stereocenters. The molecule has 1 aliphatic rings. The van der Waals surface area contributed by atoms with Crippen molar-refractivity contribution in [2.75, 3.05) is 20.3 Å². The molecule has 0 aliphatic carbocycles. The van der Waals surface area contributed by atoms with Crippen molar-refractivity contribution < 1.29 is 34.8 Å². The Morgan fingerprint density at radius 3 is 2.54 bits per heavy atom. The van der Waals surface area contributed by atoms with Gasteiger partial charge in [-0.15, -0.1) is 4.37 Å². The number of nitrogens with zero attached hydrogens (tertiary/aromatic N) is 2. The summed E-state index contributed by atoms with van der Waals surface area (Å²) in [6, 6.07) is 10.1. The number of carboxylic acids is 2. The van der Waals surface area contributed by atoms with Crippen LogP contribution in [0.5, 0.6) is 5.88 Å². The summed E-state index contributed by atoms with van der Waals surface area (Å²) in [6.07, 6.45) is 2.14. The lowest BCUT2D eigenvalue weighted by molar-refractivity contribution is -0.978. The molecule has 138 valence electrons. The van der Waals surface area contributed by atoms with E-state index in [2.05, 4.69) is 27.3 Å². The number of carbonyl (C=O) groups excluding carboxylic acids is 2. The van der Waals surface area contributed by atoms with Gasteiger partial charge in [0.15, 0.2) is 5.69 Å². The molecule has 2 aromatic rings. The van der Waals surface area contributed by atoms with Gasteiger partial charge in [0.2, 0.25) is 6.67 Å². The molecule has 1 aliphatic heterocycles. The standard InChI is InChI=1S/C14H16N4OS.C2H2O4/c1-18-8-12(7-15-10-18)13-14(17-20-16-13)19-9-11-5-3-2-4-6-11;3-1(4)2(5)6/h2-7,15H,8-10H2,1H3;(H,3,4)(H,5,6). The molecule has 0 spiro atoms. The van der Waals surface area contributed by atoms with Gasteiger partial charge in [0.1, 0.15) is 19.4 Å². The number of aromatic nitrogens is 2. The summed E-state index contributed by atoms with van der Waals surface area (Å²) in [7, 11) is 2.17. The molecule has 1 aromatic heterocycles. The van der Waals surface area contributed by atoms with Crippen LogP contribution in [0.4, 0.5) is 0 Å². The van der Waals surface area contributed by atoms with E-state index >= 15 is 0 Å². The minimum absolute atomic E-state index is 0.527. The summed E-state index contributed by atoms with van der Waals surface area (Å²) in [6.45, 7) is 2.55. The summed E-state index contributed by atoms with van der Waals surface area (Å²) < 4.78 is 14.5. The van der Waals surface area contributed by atoms with Crippen LogP contribution >= 0.6 is 11.7 Å². The van der Waals surface area contributed by atoms with Crippen molar-refractivity contribution in [1.29, 1.82) is 0 Å². The highest BCUT2D eigenvalue weighted by Crippen LogP contribution is 2.23. The highest BCUT2D eigenvalue weighted by Gasteiger charge is 2.22. The number of rotatable bonds is 4. The first kappa shape index (κ1) is 19.5. The maximum absolute atomic E-state index is 8.93. The Hall–Kier alpha value is -2.82. The molecule has 10 heteroatoms. The summed E-state index contributed by atoms with van der Waals surface area (Å²) in [4.78, 5) is 19.3. The molecule has 0 amide bonds. The Balaban J connectivity index is 0.000000352. The normalized spacial score (nSPS) is 16.0. The third-order valence-corrected chi connectivity index (χ3v) is 3.94. The van der Waals surface area contributed by atoms with Crippen molar-refractivity contribution in [2.24, 2.45) is 0 Å². The van der Waals surface area contributed by atoms with Crippen molar-refractivity contribution in [1.82, 2.24) is 8.75 Å². The fourth-order valence-electron chi connectivity index (χ4n) is 2.22. The minimum atomic E-state index is -2.19. The van der Waals surface area contributed by atoms with Crippen LogP contribution in [0.2, 0.25) is 0 Å². The molecule has 1 unspecified atom stereocenters. The van der Waals surface area contributed by atoms with Gasteiger partial charge in [-0.1, -0.05) is 30.3 Å². The van der Waals surface area contributed by atoms with E-state index in [0.717, 1.165) is 24.5 Å². The number of nitrogens with one attached hydrogen (secondary N) is 1. The highest BCUT2D eigenvalue weighted by molar-refractivity contribution is 6.99. The third-order valence-electron chi connectivity index (χ3n) is 3.43. The highest BCUT2D eigenvalue weighted by atomic mass is 32.1. The number of nitrogens with two attached hydrogens (primary N) is 1. The van der Waals surface area contributed by atoms with Crippen molar-refractivity contribution >= 4 is 29.2 Å². The van der Waals surface area contributed by atoms with Gasteiger partial charge in [0.05, 0.1) is 36.3 Å². The van der Waals surface area contributed by atoms with Gasteiger partial charge in [-0.2, -0.15) is 4.37 Å². The predicted octanol–water partition coefficient (Wildman–Crippen LogP) is -4.01. The molecule has 2 heterocycles. The number of likely N-dealkylation sites (N-methyl/N-ethyl adjacent to an activating group) is 1.